The minimum atomic E-state index is 0.114. The van der Waals surface area contributed by atoms with Crippen molar-refractivity contribution in [3.8, 4) is 0 Å². The molecule has 2 rings (SSSR count). The van der Waals surface area contributed by atoms with Gasteiger partial charge in [-0.2, -0.15) is 0 Å². The molecule has 1 aromatic heterocycles. The van der Waals surface area contributed by atoms with Crippen molar-refractivity contribution in [1.82, 2.24) is 4.98 Å². The molecular weight excluding hydrogens is 212 g/mol. The summed E-state index contributed by atoms with van der Waals surface area (Å²) in [5.41, 5.74) is 1.73. The fraction of sp³-hybridized carbons (Fsp3) is 0.571. The van der Waals surface area contributed by atoms with E-state index in [4.69, 9.17) is 0 Å². The number of hydrogen-bond acceptors (Lipinski definition) is 3. The van der Waals surface area contributed by atoms with Gasteiger partial charge in [0.25, 0.3) is 0 Å². The summed E-state index contributed by atoms with van der Waals surface area (Å²) in [5.74, 6) is 0.114. The van der Waals surface area contributed by atoms with E-state index >= 15 is 0 Å². The number of Topliss-reactive ketones (excluding diaryl/α,β-unsaturated/α-hetero) is 1. The van der Waals surface area contributed by atoms with Gasteiger partial charge in [0.2, 0.25) is 0 Å². The lowest BCUT2D eigenvalue weighted by atomic mass is 10.0. The molecule has 0 aromatic carbocycles. The van der Waals surface area contributed by atoms with E-state index in [9.17, 15) is 4.79 Å². The number of carbonyl (C=O) groups excluding carboxylic acids is 1. The van der Waals surface area contributed by atoms with Crippen LogP contribution in [0.3, 0.4) is 0 Å². The molecule has 0 amide bonds. The van der Waals surface area contributed by atoms with Crippen molar-refractivity contribution in [2.45, 2.75) is 45.6 Å². The number of carbonyl (C=O) groups is 1. The van der Waals surface area contributed by atoms with Crippen LogP contribution in [0.25, 0.3) is 0 Å². The Balaban J connectivity index is 2.14. The van der Waals surface area contributed by atoms with Gasteiger partial charge in [-0.25, -0.2) is 0 Å². The Morgan fingerprint density at radius 2 is 2.29 bits per heavy atom. The van der Waals surface area contributed by atoms with E-state index in [1.807, 2.05) is 25.3 Å². The highest BCUT2D eigenvalue weighted by atomic mass is 16.1. The SMILES string of the molecule is CCC(=O)c1ccc(N2CCCCC2C)cn1. The number of hydrogen-bond donors (Lipinski definition) is 0. The standard InChI is InChI=1S/C14H20N2O/c1-3-14(17)13-8-7-12(10-15-13)16-9-5-4-6-11(16)2/h7-8,10-11H,3-6,9H2,1-2H3. The Morgan fingerprint density at radius 3 is 2.88 bits per heavy atom. The van der Waals surface area contributed by atoms with Crippen molar-refractivity contribution in [2.75, 3.05) is 11.4 Å². The van der Waals surface area contributed by atoms with Crippen molar-refractivity contribution in [3.05, 3.63) is 24.0 Å². The molecule has 0 saturated carbocycles. The molecule has 1 aliphatic heterocycles. The first-order valence-electron chi connectivity index (χ1n) is 6.48. The Bertz CT molecular complexity index is 386. The quantitative estimate of drug-likeness (QED) is 0.751. The van der Waals surface area contributed by atoms with E-state index in [2.05, 4.69) is 16.8 Å². The maximum absolute atomic E-state index is 11.5. The molecule has 0 N–H and O–H groups in total. The van der Waals surface area contributed by atoms with Crippen molar-refractivity contribution in [3.63, 3.8) is 0 Å². The molecule has 17 heavy (non-hydrogen) atoms. The second-order valence-electron chi connectivity index (χ2n) is 4.72. The van der Waals surface area contributed by atoms with Crippen LogP contribution in [0.2, 0.25) is 0 Å². The predicted molar refractivity (Wildman–Crippen MR) is 69.5 cm³/mol. The van der Waals surface area contributed by atoms with E-state index in [0.29, 0.717) is 18.2 Å². The number of nitrogens with zero attached hydrogens (tertiary/aromatic N) is 2. The lowest BCUT2D eigenvalue weighted by Crippen LogP contribution is -2.37. The molecule has 0 aliphatic carbocycles. The van der Waals surface area contributed by atoms with E-state index in [-0.39, 0.29) is 5.78 Å². The number of pyridine rings is 1. The van der Waals surface area contributed by atoms with Crippen LogP contribution in [0, 0.1) is 0 Å². The zero-order chi connectivity index (χ0) is 12.3. The second kappa shape index (κ2) is 5.30. The Morgan fingerprint density at radius 1 is 1.47 bits per heavy atom. The summed E-state index contributed by atoms with van der Waals surface area (Å²) < 4.78 is 0. The van der Waals surface area contributed by atoms with Crippen LogP contribution >= 0.6 is 0 Å². The molecule has 3 nitrogen and oxygen atoms in total. The summed E-state index contributed by atoms with van der Waals surface area (Å²) in [5, 5.41) is 0. The first-order valence-corrected chi connectivity index (χ1v) is 6.48. The Hall–Kier alpha value is -1.38. The van der Waals surface area contributed by atoms with E-state index in [1.54, 1.807) is 0 Å². The molecule has 0 spiro atoms. The maximum atomic E-state index is 11.5. The van der Waals surface area contributed by atoms with E-state index in [1.165, 1.54) is 19.3 Å². The third-order valence-corrected chi connectivity index (χ3v) is 3.49. The van der Waals surface area contributed by atoms with E-state index in [0.717, 1.165) is 12.2 Å². The third kappa shape index (κ3) is 2.65. The fourth-order valence-electron chi connectivity index (χ4n) is 2.38. The van der Waals surface area contributed by atoms with Gasteiger partial charge in [0.1, 0.15) is 5.69 Å². The topological polar surface area (TPSA) is 33.2 Å². The lowest BCUT2D eigenvalue weighted by Gasteiger charge is -2.35. The Labute approximate surface area is 103 Å². The highest BCUT2D eigenvalue weighted by molar-refractivity contribution is 5.94. The summed E-state index contributed by atoms with van der Waals surface area (Å²) in [6.07, 6.45) is 6.17. The van der Waals surface area contributed by atoms with Crippen LogP contribution in [0.1, 0.15) is 50.0 Å². The highest BCUT2D eigenvalue weighted by Crippen LogP contribution is 2.23. The monoisotopic (exact) mass is 232 g/mol. The summed E-state index contributed by atoms with van der Waals surface area (Å²) in [7, 11) is 0. The first-order chi connectivity index (χ1) is 8.22. The number of piperidine rings is 1. The number of ketones is 1. The number of aromatic nitrogens is 1. The molecule has 3 heteroatoms. The average Bonchev–Trinajstić information content (AvgIpc) is 2.39. The summed E-state index contributed by atoms with van der Waals surface area (Å²) >= 11 is 0. The smallest absolute Gasteiger partial charge is 0.180 e. The van der Waals surface area contributed by atoms with Gasteiger partial charge >= 0.3 is 0 Å². The van der Waals surface area contributed by atoms with Crippen LogP contribution < -0.4 is 4.90 Å². The molecule has 1 saturated heterocycles. The molecule has 1 aliphatic rings. The highest BCUT2D eigenvalue weighted by Gasteiger charge is 2.18. The number of rotatable bonds is 3. The van der Waals surface area contributed by atoms with Crippen molar-refractivity contribution in [2.24, 2.45) is 0 Å². The molecule has 0 radical (unpaired) electrons. The molecule has 0 bridgehead atoms. The minimum absolute atomic E-state index is 0.114. The molecule has 2 heterocycles. The van der Waals surface area contributed by atoms with E-state index < -0.39 is 0 Å². The molecule has 1 fully saturated rings. The van der Waals surface area contributed by atoms with Gasteiger partial charge in [-0.3, -0.25) is 9.78 Å². The summed E-state index contributed by atoms with van der Waals surface area (Å²) in [6, 6.07) is 4.46. The lowest BCUT2D eigenvalue weighted by molar-refractivity contribution is 0.0983. The van der Waals surface area contributed by atoms with Crippen LogP contribution in [0.4, 0.5) is 5.69 Å². The van der Waals surface area contributed by atoms with Gasteiger partial charge in [0, 0.05) is 19.0 Å². The van der Waals surface area contributed by atoms with Crippen molar-refractivity contribution < 1.29 is 4.79 Å². The number of anilines is 1. The van der Waals surface area contributed by atoms with Gasteiger partial charge in [0.05, 0.1) is 11.9 Å². The summed E-state index contributed by atoms with van der Waals surface area (Å²) in [4.78, 5) is 18.1. The van der Waals surface area contributed by atoms with Gasteiger partial charge < -0.3 is 4.90 Å². The third-order valence-electron chi connectivity index (χ3n) is 3.49. The normalized spacial score (nSPS) is 20.4. The fourth-order valence-corrected chi connectivity index (χ4v) is 2.38. The molecule has 1 aromatic rings. The van der Waals surface area contributed by atoms with Crippen LogP contribution in [0.15, 0.2) is 18.3 Å². The van der Waals surface area contributed by atoms with Gasteiger partial charge in [0.15, 0.2) is 5.78 Å². The first kappa shape index (κ1) is 12.1. The Kier molecular flexibility index (Phi) is 3.77. The zero-order valence-corrected chi connectivity index (χ0v) is 10.6. The van der Waals surface area contributed by atoms with Gasteiger partial charge in [-0.05, 0) is 38.3 Å². The van der Waals surface area contributed by atoms with Crippen LogP contribution in [-0.2, 0) is 0 Å². The molecule has 1 unspecified atom stereocenters. The van der Waals surface area contributed by atoms with Crippen LogP contribution in [0.5, 0.6) is 0 Å². The van der Waals surface area contributed by atoms with Crippen molar-refractivity contribution >= 4 is 11.5 Å². The summed E-state index contributed by atoms with van der Waals surface area (Å²) in [6.45, 7) is 5.22. The minimum Gasteiger partial charge on any atom is -0.368 e. The molecular formula is C14H20N2O. The van der Waals surface area contributed by atoms with Gasteiger partial charge in [-0.15, -0.1) is 0 Å². The maximum Gasteiger partial charge on any atom is 0.180 e. The largest absolute Gasteiger partial charge is 0.368 e. The average molecular weight is 232 g/mol. The van der Waals surface area contributed by atoms with Gasteiger partial charge in [-0.1, -0.05) is 6.92 Å². The predicted octanol–water partition coefficient (Wildman–Crippen LogP) is 3.05. The second-order valence-corrected chi connectivity index (χ2v) is 4.72. The van der Waals surface area contributed by atoms with Crippen molar-refractivity contribution in [1.29, 1.82) is 0 Å². The zero-order valence-electron chi connectivity index (χ0n) is 10.6. The van der Waals surface area contributed by atoms with Crippen LogP contribution in [-0.4, -0.2) is 23.4 Å². The molecule has 1 atom stereocenters. The molecule has 92 valence electrons.